The number of carbonyl (C=O) groups excluding carboxylic acids is 1. The van der Waals surface area contributed by atoms with Crippen LogP contribution in [-0.4, -0.2) is 73.4 Å². The first-order chi connectivity index (χ1) is 12.3. The van der Waals surface area contributed by atoms with Gasteiger partial charge in [0.2, 0.25) is 5.91 Å². The number of likely N-dealkylation sites (tertiary alicyclic amines) is 1. The molecule has 1 aromatic carbocycles. The zero-order valence-electron chi connectivity index (χ0n) is 15.0. The Balaban J connectivity index is 1.44. The van der Waals surface area contributed by atoms with Crippen molar-refractivity contribution in [3.63, 3.8) is 0 Å². The molecule has 25 heavy (non-hydrogen) atoms. The minimum atomic E-state index is 0.169. The number of nitrogens with zero attached hydrogens (tertiary/aromatic N) is 2. The summed E-state index contributed by atoms with van der Waals surface area (Å²) in [6, 6.07) is 10.3. The Bertz CT molecular complexity index is 531. The zero-order valence-corrected chi connectivity index (χ0v) is 15.0. The number of rotatable bonds is 7. The van der Waals surface area contributed by atoms with Crippen LogP contribution in [0, 0.1) is 11.8 Å². The van der Waals surface area contributed by atoms with Crippen molar-refractivity contribution >= 4 is 5.91 Å². The van der Waals surface area contributed by atoms with Gasteiger partial charge >= 0.3 is 0 Å². The smallest absolute Gasteiger partial charge is 0.222 e. The topological polar surface area (TPSA) is 53.0 Å². The maximum Gasteiger partial charge on any atom is 0.222 e. The van der Waals surface area contributed by atoms with Gasteiger partial charge in [0.15, 0.2) is 0 Å². The van der Waals surface area contributed by atoms with Gasteiger partial charge < -0.3 is 14.7 Å². The van der Waals surface area contributed by atoms with Crippen molar-refractivity contribution in [1.82, 2.24) is 9.80 Å². The number of carbonyl (C=O) groups is 1. The third kappa shape index (κ3) is 5.27. The Morgan fingerprint density at radius 1 is 1.12 bits per heavy atom. The molecule has 0 aliphatic carbocycles. The van der Waals surface area contributed by atoms with Gasteiger partial charge in [0.05, 0.1) is 13.2 Å². The molecular formula is C20H30N2O3. The molecule has 0 radical (unpaired) electrons. The summed E-state index contributed by atoms with van der Waals surface area (Å²) in [5, 5.41) is 9.71. The second kappa shape index (κ2) is 9.32. The molecule has 0 aromatic heterocycles. The summed E-state index contributed by atoms with van der Waals surface area (Å²) in [5.74, 6) is 0.820. The van der Waals surface area contributed by atoms with Crippen LogP contribution >= 0.6 is 0 Å². The van der Waals surface area contributed by atoms with Crippen LogP contribution in [0.2, 0.25) is 0 Å². The first kappa shape index (κ1) is 18.4. The average molecular weight is 346 g/mol. The van der Waals surface area contributed by atoms with Gasteiger partial charge in [-0.2, -0.15) is 0 Å². The number of aryl methyl sites for hydroxylation is 1. The van der Waals surface area contributed by atoms with Crippen molar-refractivity contribution in [3.05, 3.63) is 35.9 Å². The SMILES string of the molecule is O=C(CCCc1ccccc1)N1C[C@@H](CN2CCOCC2)[C@@H](CO)C1. The van der Waals surface area contributed by atoms with Crippen LogP contribution in [0.1, 0.15) is 18.4 Å². The molecule has 0 unspecified atom stereocenters. The minimum Gasteiger partial charge on any atom is -0.396 e. The number of amides is 1. The van der Waals surface area contributed by atoms with Crippen LogP contribution in [0.3, 0.4) is 0 Å². The van der Waals surface area contributed by atoms with E-state index in [0.29, 0.717) is 18.9 Å². The summed E-state index contributed by atoms with van der Waals surface area (Å²) in [6.45, 7) is 6.12. The standard InChI is InChI=1S/C20H30N2O3/c23-16-19-15-22(14-18(19)13-21-9-11-25-12-10-21)20(24)8-4-7-17-5-2-1-3-6-17/h1-3,5-6,18-19,23H,4,7-16H2/t18-,19-/m1/s1. The quantitative estimate of drug-likeness (QED) is 0.811. The summed E-state index contributed by atoms with van der Waals surface area (Å²) in [6.07, 6.45) is 2.43. The highest BCUT2D eigenvalue weighted by molar-refractivity contribution is 5.76. The van der Waals surface area contributed by atoms with E-state index in [9.17, 15) is 9.90 Å². The lowest BCUT2D eigenvalue weighted by Gasteiger charge is -2.30. The van der Waals surface area contributed by atoms with Crippen LogP contribution in [0.15, 0.2) is 30.3 Å². The lowest BCUT2D eigenvalue weighted by atomic mass is 9.96. The average Bonchev–Trinajstić information content (AvgIpc) is 3.06. The summed E-state index contributed by atoms with van der Waals surface area (Å²) >= 11 is 0. The molecule has 2 fully saturated rings. The molecule has 2 saturated heterocycles. The van der Waals surface area contributed by atoms with E-state index in [1.54, 1.807) is 0 Å². The lowest BCUT2D eigenvalue weighted by Crippen LogP contribution is -2.41. The molecule has 3 rings (SSSR count). The van der Waals surface area contributed by atoms with Crippen molar-refractivity contribution in [1.29, 1.82) is 0 Å². The molecule has 2 aliphatic rings. The highest BCUT2D eigenvalue weighted by Crippen LogP contribution is 2.25. The summed E-state index contributed by atoms with van der Waals surface area (Å²) in [7, 11) is 0. The second-order valence-corrected chi connectivity index (χ2v) is 7.25. The molecule has 5 heteroatoms. The minimum absolute atomic E-state index is 0.169. The van der Waals surface area contributed by atoms with Gasteiger partial charge in [-0.3, -0.25) is 9.69 Å². The number of morpholine rings is 1. The summed E-state index contributed by atoms with van der Waals surface area (Å²) in [5.41, 5.74) is 1.29. The molecule has 138 valence electrons. The Labute approximate surface area is 150 Å². The summed E-state index contributed by atoms with van der Waals surface area (Å²) < 4.78 is 5.40. The second-order valence-electron chi connectivity index (χ2n) is 7.25. The molecule has 0 saturated carbocycles. The van der Waals surface area contributed by atoms with Gasteiger partial charge in [0.1, 0.15) is 0 Å². The van der Waals surface area contributed by atoms with Crippen LogP contribution in [0.25, 0.3) is 0 Å². The molecule has 2 atom stereocenters. The first-order valence-electron chi connectivity index (χ1n) is 9.49. The highest BCUT2D eigenvalue weighted by Gasteiger charge is 2.35. The normalized spacial score (nSPS) is 24.6. The van der Waals surface area contributed by atoms with Crippen LogP contribution in [0.5, 0.6) is 0 Å². The molecule has 1 N–H and O–H groups in total. The Kier molecular flexibility index (Phi) is 6.84. The number of hydrogen-bond acceptors (Lipinski definition) is 4. The molecule has 0 bridgehead atoms. The number of aliphatic hydroxyl groups is 1. The fraction of sp³-hybridized carbons (Fsp3) is 0.650. The van der Waals surface area contributed by atoms with Crippen molar-refractivity contribution < 1.29 is 14.6 Å². The van der Waals surface area contributed by atoms with Gasteiger partial charge in [0.25, 0.3) is 0 Å². The van der Waals surface area contributed by atoms with E-state index in [2.05, 4.69) is 17.0 Å². The van der Waals surface area contributed by atoms with Gasteiger partial charge in [-0.15, -0.1) is 0 Å². The fourth-order valence-electron chi connectivity index (χ4n) is 3.92. The molecule has 1 aromatic rings. The van der Waals surface area contributed by atoms with Gasteiger partial charge in [-0.05, 0) is 24.3 Å². The Morgan fingerprint density at radius 3 is 2.56 bits per heavy atom. The lowest BCUT2D eigenvalue weighted by molar-refractivity contribution is -0.130. The van der Waals surface area contributed by atoms with E-state index in [1.165, 1.54) is 5.56 Å². The van der Waals surface area contributed by atoms with Crippen molar-refractivity contribution in [2.24, 2.45) is 11.8 Å². The zero-order chi connectivity index (χ0) is 17.5. The Morgan fingerprint density at radius 2 is 1.84 bits per heavy atom. The third-order valence-corrected chi connectivity index (χ3v) is 5.46. The Hall–Kier alpha value is -1.43. The van der Waals surface area contributed by atoms with Crippen LogP contribution < -0.4 is 0 Å². The van der Waals surface area contributed by atoms with Gasteiger partial charge in [-0.1, -0.05) is 30.3 Å². The molecule has 2 aliphatic heterocycles. The van der Waals surface area contributed by atoms with E-state index < -0.39 is 0 Å². The van der Waals surface area contributed by atoms with Crippen LogP contribution in [-0.2, 0) is 16.0 Å². The highest BCUT2D eigenvalue weighted by atomic mass is 16.5. The molecule has 2 heterocycles. The fourth-order valence-corrected chi connectivity index (χ4v) is 3.92. The van der Waals surface area contributed by atoms with Gasteiger partial charge in [-0.25, -0.2) is 0 Å². The van der Waals surface area contributed by atoms with Gasteiger partial charge in [0, 0.05) is 51.7 Å². The van der Waals surface area contributed by atoms with E-state index in [0.717, 1.165) is 52.2 Å². The van der Waals surface area contributed by atoms with Crippen molar-refractivity contribution in [2.45, 2.75) is 19.3 Å². The predicted molar refractivity (Wildman–Crippen MR) is 97.3 cm³/mol. The number of aliphatic hydroxyl groups excluding tert-OH is 1. The van der Waals surface area contributed by atoms with E-state index in [4.69, 9.17) is 4.74 Å². The van der Waals surface area contributed by atoms with Crippen molar-refractivity contribution in [3.8, 4) is 0 Å². The maximum atomic E-state index is 12.5. The van der Waals surface area contributed by atoms with E-state index >= 15 is 0 Å². The van der Waals surface area contributed by atoms with Crippen LogP contribution in [0.4, 0.5) is 0 Å². The molecule has 1 amide bonds. The molecule has 0 spiro atoms. The largest absolute Gasteiger partial charge is 0.396 e. The number of benzene rings is 1. The molecule has 5 nitrogen and oxygen atoms in total. The first-order valence-corrected chi connectivity index (χ1v) is 9.49. The van der Waals surface area contributed by atoms with Crippen molar-refractivity contribution in [2.75, 3.05) is 52.5 Å². The third-order valence-electron chi connectivity index (χ3n) is 5.46. The maximum absolute atomic E-state index is 12.5. The monoisotopic (exact) mass is 346 g/mol. The number of hydrogen-bond donors (Lipinski definition) is 1. The van der Waals surface area contributed by atoms with E-state index in [-0.39, 0.29) is 18.4 Å². The molecular weight excluding hydrogens is 316 g/mol. The van der Waals surface area contributed by atoms with E-state index in [1.807, 2.05) is 23.1 Å². The predicted octanol–water partition coefficient (Wildman–Crippen LogP) is 1.41. The summed E-state index contributed by atoms with van der Waals surface area (Å²) in [4.78, 5) is 16.9. The number of ether oxygens (including phenoxy) is 1.